The number of allylic oxidation sites excluding steroid dienone is 2. The first-order valence-corrected chi connectivity index (χ1v) is 14.7. The quantitative estimate of drug-likeness (QED) is 0.0588. The molecule has 0 heterocycles. The van der Waals surface area contributed by atoms with Gasteiger partial charge in [-0.15, -0.1) is 0 Å². The number of esters is 1. The molecule has 216 valence electrons. The van der Waals surface area contributed by atoms with Crippen LogP contribution in [0.5, 0.6) is 0 Å². The minimum atomic E-state index is -4.72. The van der Waals surface area contributed by atoms with Crippen LogP contribution in [-0.4, -0.2) is 64.9 Å². The monoisotopic (exact) mass is 551 g/mol. The fraction of sp³-hybridized carbons (Fsp3) is 0.800. The van der Waals surface area contributed by atoms with E-state index in [1.54, 1.807) is 0 Å². The van der Waals surface area contributed by atoms with Crippen LogP contribution in [0.4, 0.5) is 0 Å². The Morgan fingerprint density at radius 2 is 1.46 bits per heavy atom. The Bertz CT molecular complexity index is 716. The Kier molecular flexibility index (Phi) is 21.2. The molecule has 0 saturated heterocycles. The highest BCUT2D eigenvalue weighted by molar-refractivity contribution is 7.47. The molecule has 0 spiro atoms. The van der Waals surface area contributed by atoms with Gasteiger partial charge in [0.15, 0.2) is 6.04 Å². The standard InChI is InChI=1S/C25H46NO10P/c1-3-5-7-8-9-10-11-12-13-15-16-23(28)26-22(25(30)31)20-36-37(32,33)35-19-21(27)18-34-24(29)17-14-6-4-2/h7-8,21-22,27H,3-6,9-20H2,1-2H3,(H,26,28)(H,30,31)(H,32,33)/b8-7-. The van der Waals surface area contributed by atoms with Crippen LogP contribution < -0.4 is 5.32 Å². The number of aliphatic hydroxyl groups excluding tert-OH is 1. The van der Waals surface area contributed by atoms with E-state index in [0.29, 0.717) is 12.8 Å². The van der Waals surface area contributed by atoms with Crippen LogP contribution in [0.3, 0.4) is 0 Å². The highest BCUT2D eigenvalue weighted by atomic mass is 31.2. The second-order valence-corrected chi connectivity index (χ2v) is 10.3. The minimum Gasteiger partial charge on any atom is -0.480 e. The van der Waals surface area contributed by atoms with Gasteiger partial charge in [-0.25, -0.2) is 9.36 Å². The Hall–Kier alpha value is -1.78. The van der Waals surface area contributed by atoms with Gasteiger partial charge in [0.05, 0.1) is 13.2 Å². The maximum atomic E-state index is 12.1. The molecule has 0 saturated carbocycles. The van der Waals surface area contributed by atoms with Crippen molar-refractivity contribution < 1.29 is 47.8 Å². The summed E-state index contributed by atoms with van der Waals surface area (Å²) < 4.78 is 26.2. The lowest BCUT2D eigenvalue weighted by atomic mass is 10.1. The Balaban J connectivity index is 4.16. The second-order valence-electron chi connectivity index (χ2n) is 8.88. The van der Waals surface area contributed by atoms with Crippen LogP contribution in [0.1, 0.15) is 97.3 Å². The molecule has 0 fully saturated rings. The first-order chi connectivity index (χ1) is 17.6. The van der Waals surface area contributed by atoms with E-state index in [4.69, 9.17) is 4.74 Å². The van der Waals surface area contributed by atoms with Gasteiger partial charge in [-0.05, 0) is 32.1 Å². The molecule has 4 N–H and O–H groups in total. The summed E-state index contributed by atoms with van der Waals surface area (Å²) in [5, 5.41) is 21.3. The van der Waals surface area contributed by atoms with Gasteiger partial charge in [0, 0.05) is 12.8 Å². The number of nitrogens with one attached hydrogen (secondary N) is 1. The highest BCUT2D eigenvalue weighted by Gasteiger charge is 2.28. The number of phosphoric ester groups is 1. The number of aliphatic carboxylic acids is 1. The predicted octanol–water partition coefficient (Wildman–Crippen LogP) is 4.26. The minimum absolute atomic E-state index is 0.136. The van der Waals surface area contributed by atoms with Crippen LogP contribution in [0.2, 0.25) is 0 Å². The first-order valence-electron chi connectivity index (χ1n) is 13.2. The lowest BCUT2D eigenvalue weighted by Gasteiger charge is -2.18. The number of rotatable bonds is 24. The van der Waals surface area contributed by atoms with Crippen molar-refractivity contribution >= 4 is 25.7 Å². The average molecular weight is 552 g/mol. The molecule has 0 aromatic carbocycles. The zero-order valence-corrected chi connectivity index (χ0v) is 23.2. The number of carbonyl (C=O) groups is 3. The third-order valence-electron chi connectivity index (χ3n) is 5.29. The molecule has 0 aromatic rings. The zero-order valence-electron chi connectivity index (χ0n) is 22.3. The topological polar surface area (TPSA) is 169 Å². The number of phosphoric acid groups is 1. The molecule has 37 heavy (non-hydrogen) atoms. The number of aliphatic hydroxyl groups is 1. The molecule has 1 amide bonds. The van der Waals surface area contributed by atoms with Crippen molar-refractivity contribution in [3.63, 3.8) is 0 Å². The summed E-state index contributed by atoms with van der Waals surface area (Å²) in [6.45, 7) is 2.23. The predicted molar refractivity (Wildman–Crippen MR) is 139 cm³/mol. The third-order valence-corrected chi connectivity index (χ3v) is 6.24. The molecule has 0 radical (unpaired) electrons. The zero-order chi connectivity index (χ0) is 27.9. The van der Waals surface area contributed by atoms with Crippen molar-refractivity contribution in [2.24, 2.45) is 0 Å². The van der Waals surface area contributed by atoms with E-state index in [2.05, 4.69) is 33.4 Å². The maximum absolute atomic E-state index is 12.1. The molecule has 0 bridgehead atoms. The van der Waals surface area contributed by atoms with E-state index in [1.165, 1.54) is 0 Å². The summed E-state index contributed by atoms with van der Waals surface area (Å²) in [6, 6.07) is -1.54. The summed E-state index contributed by atoms with van der Waals surface area (Å²) in [5.74, 6) is -2.42. The van der Waals surface area contributed by atoms with E-state index in [1.807, 2.05) is 6.92 Å². The number of unbranched alkanes of at least 4 members (excludes halogenated alkanes) is 8. The summed E-state index contributed by atoms with van der Waals surface area (Å²) >= 11 is 0. The molecule has 0 aliphatic rings. The number of carboxylic acid groups (broad SMARTS) is 1. The number of amides is 1. The van der Waals surface area contributed by atoms with Crippen LogP contribution in [0, 0.1) is 0 Å². The molecular formula is C25H46NO10P. The maximum Gasteiger partial charge on any atom is 0.472 e. The van der Waals surface area contributed by atoms with Gasteiger partial charge in [0.2, 0.25) is 5.91 Å². The third kappa shape index (κ3) is 22.0. The van der Waals surface area contributed by atoms with Crippen LogP contribution >= 0.6 is 7.82 Å². The van der Waals surface area contributed by atoms with Crippen molar-refractivity contribution in [2.75, 3.05) is 19.8 Å². The van der Waals surface area contributed by atoms with Gasteiger partial charge >= 0.3 is 19.8 Å². The van der Waals surface area contributed by atoms with E-state index in [-0.39, 0.29) is 12.8 Å². The molecule has 12 heteroatoms. The molecule has 3 atom stereocenters. The van der Waals surface area contributed by atoms with Crippen molar-refractivity contribution in [2.45, 2.75) is 109 Å². The van der Waals surface area contributed by atoms with Gasteiger partial charge in [0.25, 0.3) is 0 Å². The smallest absolute Gasteiger partial charge is 0.472 e. The molecular weight excluding hydrogens is 505 g/mol. The average Bonchev–Trinajstić information content (AvgIpc) is 2.85. The number of hydrogen-bond donors (Lipinski definition) is 4. The number of ether oxygens (including phenoxy) is 1. The number of carboxylic acids is 1. The summed E-state index contributed by atoms with van der Waals surface area (Å²) in [4.78, 5) is 44.7. The van der Waals surface area contributed by atoms with Gasteiger partial charge in [-0.3, -0.25) is 18.6 Å². The lowest BCUT2D eigenvalue weighted by Crippen LogP contribution is -2.43. The van der Waals surface area contributed by atoms with Crippen molar-refractivity contribution in [1.29, 1.82) is 0 Å². The van der Waals surface area contributed by atoms with E-state index in [0.717, 1.165) is 57.8 Å². The van der Waals surface area contributed by atoms with Crippen LogP contribution in [0.15, 0.2) is 12.2 Å². The Morgan fingerprint density at radius 3 is 2.14 bits per heavy atom. The SMILES string of the molecule is CCC/C=C\CCCCCCCC(=O)NC(COP(=O)(O)OCC(O)COC(=O)CCCCC)C(=O)O. The normalized spacial score (nSPS) is 14.7. The fourth-order valence-electron chi connectivity index (χ4n) is 3.14. The van der Waals surface area contributed by atoms with E-state index >= 15 is 0 Å². The number of hydrogen-bond acceptors (Lipinski definition) is 8. The fourth-order valence-corrected chi connectivity index (χ4v) is 3.91. The molecule has 0 rings (SSSR count). The Morgan fingerprint density at radius 1 is 0.838 bits per heavy atom. The number of carbonyl (C=O) groups excluding carboxylic acids is 2. The van der Waals surface area contributed by atoms with Gasteiger partial charge in [-0.1, -0.05) is 64.5 Å². The molecule has 0 aromatic heterocycles. The molecule has 0 aliphatic heterocycles. The van der Waals surface area contributed by atoms with Gasteiger partial charge in [0.1, 0.15) is 12.7 Å². The second kappa shape index (κ2) is 22.2. The first kappa shape index (κ1) is 35.2. The summed E-state index contributed by atoms with van der Waals surface area (Å²) in [5.41, 5.74) is 0. The van der Waals surface area contributed by atoms with Crippen molar-refractivity contribution in [3.8, 4) is 0 Å². The van der Waals surface area contributed by atoms with Gasteiger partial charge < -0.3 is 25.2 Å². The summed E-state index contributed by atoms with van der Waals surface area (Å²) in [6.07, 6.45) is 13.7. The highest BCUT2D eigenvalue weighted by Crippen LogP contribution is 2.43. The molecule has 0 aliphatic carbocycles. The summed E-state index contributed by atoms with van der Waals surface area (Å²) in [7, 11) is -4.72. The van der Waals surface area contributed by atoms with E-state index in [9.17, 15) is 34.1 Å². The van der Waals surface area contributed by atoms with Gasteiger partial charge in [-0.2, -0.15) is 0 Å². The molecule has 3 unspecified atom stereocenters. The van der Waals surface area contributed by atoms with Crippen molar-refractivity contribution in [1.82, 2.24) is 5.32 Å². The Labute approximate surface area is 220 Å². The van der Waals surface area contributed by atoms with Crippen LogP contribution in [0.25, 0.3) is 0 Å². The van der Waals surface area contributed by atoms with Crippen LogP contribution in [-0.2, 0) is 32.7 Å². The molecule has 11 nitrogen and oxygen atoms in total. The van der Waals surface area contributed by atoms with E-state index < -0.39 is 57.6 Å². The van der Waals surface area contributed by atoms with Crippen molar-refractivity contribution in [3.05, 3.63) is 12.2 Å². The largest absolute Gasteiger partial charge is 0.480 e. The lowest BCUT2D eigenvalue weighted by molar-refractivity contribution is -0.147.